The van der Waals surface area contributed by atoms with Crippen molar-refractivity contribution in [2.45, 2.75) is 70.3 Å². The van der Waals surface area contributed by atoms with Gasteiger partial charge in [-0.15, -0.1) is 0 Å². The van der Waals surface area contributed by atoms with Gasteiger partial charge in [0.15, 0.2) is 17.4 Å². The fourth-order valence-electron chi connectivity index (χ4n) is 5.80. The first-order valence-electron chi connectivity index (χ1n) is 12.5. The number of halogens is 8. The van der Waals surface area contributed by atoms with Crippen LogP contribution in [0.4, 0.5) is 35.1 Å². The van der Waals surface area contributed by atoms with Crippen molar-refractivity contribution in [3.63, 3.8) is 0 Å². The van der Waals surface area contributed by atoms with Gasteiger partial charge in [0.05, 0.1) is 0 Å². The number of benzene rings is 2. The molecule has 0 atom stereocenters. The summed E-state index contributed by atoms with van der Waals surface area (Å²) in [5, 5.41) is 0. The van der Waals surface area contributed by atoms with Crippen LogP contribution in [0.1, 0.15) is 69.8 Å². The number of hydrogen-bond acceptors (Lipinski definition) is 1. The Labute approximate surface area is 210 Å². The lowest BCUT2D eigenvalue weighted by molar-refractivity contribution is -0.162. The van der Waals surface area contributed by atoms with Gasteiger partial charge in [-0.1, -0.05) is 31.9 Å². The molecule has 0 radical (unpaired) electrons. The lowest BCUT2D eigenvalue weighted by Crippen LogP contribution is -2.27. The molecular formula is C28H28F8O. The maximum absolute atomic E-state index is 15.0. The van der Waals surface area contributed by atoms with E-state index in [9.17, 15) is 35.1 Å². The number of rotatable bonds is 6. The summed E-state index contributed by atoms with van der Waals surface area (Å²) in [6.07, 6.45) is 0.447. The first-order chi connectivity index (χ1) is 17.5. The zero-order valence-electron chi connectivity index (χ0n) is 20.3. The van der Waals surface area contributed by atoms with Gasteiger partial charge in [0.25, 0.3) is 5.83 Å². The quantitative estimate of drug-likeness (QED) is 0.337. The van der Waals surface area contributed by atoms with E-state index in [4.69, 9.17) is 0 Å². The summed E-state index contributed by atoms with van der Waals surface area (Å²) in [6.45, 7) is 2.30. The molecule has 0 N–H and O–H groups in total. The monoisotopic (exact) mass is 532 g/mol. The van der Waals surface area contributed by atoms with Crippen molar-refractivity contribution in [3.05, 3.63) is 65.3 Å². The summed E-state index contributed by atoms with van der Waals surface area (Å²) in [4.78, 5) is 0. The number of ether oxygens (including phenoxy) is 1. The minimum absolute atomic E-state index is 0.174. The molecule has 0 spiro atoms. The largest absolute Gasteiger partial charge is 0.459 e. The van der Waals surface area contributed by atoms with Gasteiger partial charge in [-0.05, 0) is 91.5 Å². The van der Waals surface area contributed by atoms with E-state index in [1.807, 2.05) is 0 Å². The van der Waals surface area contributed by atoms with E-state index in [-0.39, 0.29) is 17.0 Å². The second kappa shape index (κ2) is 11.0. The zero-order chi connectivity index (χ0) is 26.9. The molecule has 2 saturated carbocycles. The summed E-state index contributed by atoms with van der Waals surface area (Å²) in [5.41, 5.74) is 0.302. The minimum atomic E-state index is -5.29. The Morgan fingerprint density at radius 3 is 1.81 bits per heavy atom. The van der Waals surface area contributed by atoms with Crippen LogP contribution in [0.3, 0.4) is 0 Å². The van der Waals surface area contributed by atoms with Crippen LogP contribution in [0.2, 0.25) is 0 Å². The van der Waals surface area contributed by atoms with Crippen molar-refractivity contribution < 1.29 is 39.9 Å². The predicted octanol–water partition coefficient (Wildman–Crippen LogP) is 9.92. The smallest absolute Gasteiger partial charge is 0.421 e. The van der Waals surface area contributed by atoms with Crippen LogP contribution in [0.15, 0.2) is 42.2 Å². The third-order valence-corrected chi connectivity index (χ3v) is 7.92. The molecule has 0 heterocycles. The molecule has 2 aliphatic carbocycles. The topological polar surface area (TPSA) is 9.23 Å². The summed E-state index contributed by atoms with van der Waals surface area (Å²) in [5.74, 6) is -6.78. The average molecular weight is 533 g/mol. The van der Waals surface area contributed by atoms with Crippen LogP contribution in [-0.4, -0.2) is 6.11 Å². The van der Waals surface area contributed by atoms with Crippen LogP contribution in [0, 0.1) is 35.2 Å². The Kier molecular flexibility index (Phi) is 8.19. The van der Waals surface area contributed by atoms with E-state index in [1.54, 1.807) is 6.07 Å². The highest BCUT2D eigenvalue weighted by Gasteiger charge is 2.44. The summed E-state index contributed by atoms with van der Waals surface area (Å²) in [6, 6.07) is 5.42. The van der Waals surface area contributed by atoms with Crippen molar-refractivity contribution in [2.75, 3.05) is 0 Å². The van der Waals surface area contributed by atoms with Gasteiger partial charge in [0, 0.05) is 5.56 Å². The molecule has 202 valence electrons. The second-order valence-corrected chi connectivity index (χ2v) is 10.3. The molecule has 0 aromatic heterocycles. The zero-order valence-corrected chi connectivity index (χ0v) is 20.3. The van der Waals surface area contributed by atoms with Gasteiger partial charge in [0.1, 0.15) is 5.82 Å². The highest BCUT2D eigenvalue weighted by molar-refractivity contribution is 5.66. The Balaban J connectivity index is 1.46. The third-order valence-electron chi connectivity index (χ3n) is 7.92. The van der Waals surface area contributed by atoms with Crippen LogP contribution >= 0.6 is 0 Å². The lowest BCUT2D eigenvalue weighted by Gasteiger charge is -2.37. The SMILES string of the molecule is CC1CCC(C2CCC(c3ccc(-c4cc(F)c(OC(F)(F)C(F)=C(F)F)c(F)c4)c(F)c3)CC2)CC1. The molecule has 2 fully saturated rings. The molecule has 2 aliphatic rings. The Morgan fingerprint density at radius 1 is 0.757 bits per heavy atom. The molecule has 9 heteroatoms. The van der Waals surface area contributed by atoms with Gasteiger partial charge in [-0.3, -0.25) is 0 Å². The van der Waals surface area contributed by atoms with Crippen LogP contribution < -0.4 is 4.74 Å². The Bertz CT molecular complexity index is 1120. The van der Waals surface area contributed by atoms with E-state index in [1.165, 1.54) is 37.8 Å². The van der Waals surface area contributed by atoms with Crippen molar-refractivity contribution in [1.29, 1.82) is 0 Å². The van der Waals surface area contributed by atoms with Crippen molar-refractivity contribution in [1.82, 2.24) is 0 Å². The molecule has 0 unspecified atom stereocenters. The fourth-order valence-corrected chi connectivity index (χ4v) is 5.80. The molecule has 2 aromatic rings. The summed E-state index contributed by atoms with van der Waals surface area (Å²) < 4.78 is 111. The molecule has 4 rings (SSSR count). The molecular weight excluding hydrogens is 504 g/mol. The van der Waals surface area contributed by atoms with Crippen molar-refractivity contribution in [3.8, 4) is 16.9 Å². The summed E-state index contributed by atoms with van der Waals surface area (Å²) in [7, 11) is 0. The fraction of sp³-hybridized carbons (Fsp3) is 0.500. The van der Waals surface area contributed by atoms with Gasteiger partial charge < -0.3 is 4.74 Å². The molecule has 2 aromatic carbocycles. The maximum atomic E-state index is 15.0. The first kappa shape index (κ1) is 27.5. The van der Waals surface area contributed by atoms with E-state index in [2.05, 4.69) is 11.7 Å². The first-order valence-corrected chi connectivity index (χ1v) is 12.5. The average Bonchev–Trinajstić information content (AvgIpc) is 2.86. The Morgan fingerprint density at radius 2 is 1.30 bits per heavy atom. The maximum Gasteiger partial charge on any atom is 0.459 e. The highest BCUT2D eigenvalue weighted by Crippen LogP contribution is 2.44. The molecule has 0 bridgehead atoms. The van der Waals surface area contributed by atoms with Gasteiger partial charge in [-0.2, -0.15) is 22.0 Å². The molecule has 0 amide bonds. The van der Waals surface area contributed by atoms with Gasteiger partial charge in [-0.25, -0.2) is 13.2 Å². The van der Waals surface area contributed by atoms with Gasteiger partial charge in [0.2, 0.25) is 0 Å². The lowest BCUT2D eigenvalue weighted by atomic mass is 9.68. The molecule has 0 aliphatic heterocycles. The van der Waals surface area contributed by atoms with Crippen molar-refractivity contribution in [2.24, 2.45) is 17.8 Å². The normalized spacial score (nSPS) is 24.6. The van der Waals surface area contributed by atoms with Crippen LogP contribution in [-0.2, 0) is 0 Å². The molecule has 0 saturated heterocycles. The van der Waals surface area contributed by atoms with Crippen LogP contribution in [0.5, 0.6) is 5.75 Å². The van der Waals surface area contributed by atoms with E-state index >= 15 is 0 Å². The van der Waals surface area contributed by atoms with E-state index < -0.39 is 41.2 Å². The van der Waals surface area contributed by atoms with E-state index in [0.29, 0.717) is 18.1 Å². The molecule has 1 nitrogen and oxygen atoms in total. The minimum Gasteiger partial charge on any atom is -0.421 e. The number of hydrogen-bond donors (Lipinski definition) is 0. The van der Waals surface area contributed by atoms with Crippen LogP contribution in [0.25, 0.3) is 11.1 Å². The third kappa shape index (κ3) is 6.12. The van der Waals surface area contributed by atoms with Gasteiger partial charge >= 0.3 is 12.2 Å². The number of alkyl halides is 2. The summed E-state index contributed by atoms with van der Waals surface area (Å²) >= 11 is 0. The van der Waals surface area contributed by atoms with E-state index in [0.717, 1.165) is 43.1 Å². The standard InChI is InChI=1S/C28H28F8O/c1-15-2-4-16(5-3-15)17-6-8-18(9-7-17)19-10-11-21(22(29)12-19)20-13-23(30)25(24(31)14-20)37-28(35,36)26(32)27(33)34/h10-18H,2-9H2,1H3. The second-order valence-electron chi connectivity index (χ2n) is 10.3. The van der Waals surface area contributed by atoms with Crippen molar-refractivity contribution >= 4 is 0 Å². The molecule has 37 heavy (non-hydrogen) atoms. The Hall–Kier alpha value is -2.58. The highest BCUT2D eigenvalue weighted by atomic mass is 19.3. The predicted molar refractivity (Wildman–Crippen MR) is 123 cm³/mol.